The molecule has 0 spiro atoms. The molecule has 1 aromatic heterocycles. The van der Waals surface area contributed by atoms with E-state index in [1.54, 1.807) is 53.4 Å². The summed E-state index contributed by atoms with van der Waals surface area (Å²) < 4.78 is 0. The maximum absolute atomic E-state index is 14.6. The molecule has 1 saturated carbocycles. The molecule has 1 fully saturated rings. The minimum Gasteiger partial charge on any atom is -0.349 e. The number of nitrogens with one attached hydrogen (secondary N) is 1. The molecule has 0 bridgehead atoms. The smallest absolute Gasteiger partial charge is 0.250 e. The van der Waals surface area contributed by atoms with E-state index in [-0.39, 0.29) is 30.2 Å². The van der Waals surface area contributed by atoms with Crippen molar-refractivity contribution in [3.8, 4) is 0 Å². The molecule has 0 saturated heterocycles. The molecule has 2 aliphatic heterocycles. The first kappa shape index (κ1) is 24.8. The van der Waals surface area contributed by atoms with Crippen LogP contribution in [0.15, 0.2) is 53.8 Å². The summed E-state index contributed by atoms with van der Waals surface area (Å²) in [4.78, 5) is 53.2. The van der Waals surface area contributed by atoms with Gasteiger partial charge in [0, 0.05) is 24.0 Å². The van der Waals surface area contributed by atoms with E-state index in [0.29, 0.717) is 11.5 Å². The van der Waals surface area contributed by atoms with Crippen molar-refractivity contribution in [2.75, 3.05) is 0 Å². The van der Waals surface area contributed by atoms with Crippen molar-refractivity contribution in [2.45, 2.75) is 89.4 Å². The van der Waals surface area contributed by atoms with E-state index in [9.17, 15) is 14.4 Å². The van der Waals surface area contributed by atoms with Crippen LogP contribution < -0.4 is 5.32 Å². The van der Waals surface area contributed by atoms with Crippen molar-refractivity contribution in [1.82, 2.24) is 20.1 Å². The molecule has 2 atom stereocenters. The lowest BCUT2D eigenvalue weighted by Gasteiger charge is -2.48. The summed E-state index contributed by atoms with van der Waals surface area (Å²) in [6.45, 7) is 7.53. The number of hydrogen-bond donors (Lipinski definition) is 1. The van der Waals surface area contributed by atoms with E-state index < -0.39 is 17.1 Å². The molecule has 186 valence electrons. The number of carbonyl (C=O) groups is 3. The van der Waals surface area contributed by atoms with Gasteiger partial charge in [-0.3, -0.25) is 19.4 Å². The van der Waals surface area contributed by atoms with E-state index >= 15 is 0 Å². The molecule has 1 aliphatic carbocycles. The molecule has 8 heteroatoms. The zero-order valence-electron chi connectivity index (χ0n) is 21.0. The number of aliphatic imine (C=N–C) groups is 1. The highest BCUT2D eigenvalue weighted by atomic mass is 16.2. The van der Waals surface area contributed by atoms with Crippen molar-refractivity contribution in [1.29, 1.82) is 0 Å². The Morgan fingerprint density at radius 1 is 1.17 bits per heavy atom. The van der Waals surface area contributed by atoms with Crippen LogP contribution in [0, 0.1) is 0 Å². The molecule has 1 aromatic rings. The number of amidine groups is 1. The average Bonchev–Trinajstić information content (AvgIpc) is 2.82. The fourth-order valence-electron chi connectivity index (χ4n) is 5.18. The number of amides is 3. The number of aromatic nitrogens is 1. The molecule has 8 nitrogen and oxygen atoms in total. The van der Waals surface area contributed by atoms with Gasteiger partial charge in [0.1, 0.15) is 11.4 Å². The Bertz CT molecular complexity index is 1070. The van der Waals surface area contributed by atoms with Crippen LogP contribution in [0.25, 0.3) is 0 Å². The van der Waals surface area contributed by atoms with Gasteiger partial charge < -0.3 is 15.1 Å². The maximum atomic E-state index is 14.6. The molecule has 35 heavy (non-hydrogen) atoms. The second-order valence-electron chi connectivity index (χ2n) is 10.8. The lowest BCUT2D eigenvalue weighted by atomic mass is 9.86. The molecule has 4 rings (SSSR count). The minimum atomic E-state index is -1.21. The van der Waals surface area contributed by atoms with E-state index in [4.69, 9.17) is 0 Å². The highest BCUT2D eigenvalue weighted by Gasteiger charge is 2.51. The SMILES string of the molecule is CC(C)(C)NC(=O)[C@H](c1ccccn1)N(C(=O)[C@@]1(C)CC(=O)N=C2C=CC=CN21)C1CCCCC1. The highest BCUT2D eigenvalue weighted by molar-refractivity contribution is 6.10. The first-order valence-electron chi connectivity index (χ1n) is 12.4. The highest BCUT2D eigenvalue weighted by Crippen LogP contribution is 2.37. The monoisotopic (exact) mass is 477 g/mol. The Hall–Kier alpha value is -3.29. The summed E-state index contributed by atoms with van der Waals surface area (Å²) >= 11 is 0. The molecule has 3 heterocycles. The predicted molar refractivity (Wildman–Crippen MR) is 134 cm³/mol. The summed E-state index contributed by atoms with van der Waals surface area (Å²) in [6.07, 6.45) is 13.4. The zero-order valence-corrected chi connectivity index (χ0v) is 21.0. The standard InChI is InChI=1S/C27H35N5O3/c1-26(2,3)30-24(34)23(20-14-8-10-16-28-20)32(19-12-6-5-7-13-19)25(35)27(4)18-22(33)29-21-15-9-11-17-31(21)27/h8-11,14-17,19,23H,5-7,12-13,18H2,1-4H3,(H,30,34)/t23-,27+/m0/s1. The second kappa shape index (κ2) is 9.76. The van der Waals surface area contributed by atoms with Crippen LogP contribution in [-0.2, 0) is 14.4 Å². The lowest BCUT2D eigenvalue weighted by Crippen LogP contribution is -2.64. The number of fused-ring (bicyclic) bond motifs is 1. The van der Waals surface area contributed by atoms with Crippen molar-refractivity contribution >= 4 is 23.6 Å². The molecular formula is C27H35N5O3. The molecular weight excluding hydrogens is 442 g/mol. The third-order valence-electron chi connectivity index (χ3n) is 6.76. The Morgan fingerprint density at radius 2 is 1.91 bits per heavy atom. The fourth-order valence-corrected chi connectivity index (χ4v) is 5.18. The summed E-state index contributed by atoms with van der Waals surface area (Å²) in [5, 5.41) is 3.07. The number of carbonyl (C=O) groups excluding carboxylic acids is 3. The van der Waals surface area contributed by atoms with Crippen LogP contribution >= 0.6 is 0 Å². The van der Waals surface area contributed by atoms with Gasteiger partial charge in [0.2, 0.25) is 11.8 Å². The van der Waals surface area contributed by atoms with Gasteiger partial charge in [-0.25, -0.2) is 0 Å². The van der Waals surface area contributed by atoms with Gasteiger partial charge in [-0.15, -0.1) is 0 Å². The predicted octanol–water partition coefficient (Wildman–Crippen LogP) is 3.67. The van der Waals surface area contributed by atoms with Crippen molar-refractivity contribution in [3.63, 3.8) is 0 Å². The average molecular weight is 478 g/mol. The van der Waals surface area contributed by atoms with Crippen LogP contribution in [-0.4, -0.2) is 55.5 Å². The Balaban J connectivity index is 1.82. The number of rotatable bonds is 5. The summed E-state index contributed by atoms with van der Waals surface area (Å²) in [5.41, 5.74) is -1.18. The third-order valence-corrected chi connectivity index (χ3v) is 6.76. The van der Waals surface area contributed by atoms with E-state index in [1.807, 2.05) is 32.9 Å². The van der Waals surface area contributed by atoms with Gasteiger partial charge in [-0.05, 0) is 64.8 Å². The summed E-state index contributed by atoms with van der Waals surface area (Å²) in [6, 6.07) is 4.37. The topological polar surface area (TPSA) is 95.0 Å². The molecule has 3 amide bonds. The van der Waals surface area contributed by atoms with Crippen LogP contribution in [0.1, 0.15) is 78.0 Å². The minimum absolute atomic E-state index is 0.0629. The fraction of sp³-hybridized carbons (Fsp3) is 0.519. The summed E-state index contributed by atoms with van der Waals surface area (Å²) in [7, 11) is 0. The van der Waals surface area contributed by atoms with E-state index in [0.717, 1.165) is 32.1 Å². The van der Waals surface area contributed by atoms with E-state index in [1.165, 1.54) is 0 Å². The van der Waals surface area contributed by atoms with Gasteiger partial charge >= 0.3 is 0 Å². The molecule has 0 radical (unpaired) electrons. The Labute approximate surface area is 207 Å². The Morgan fingerprint density at radius 3 is 2.57 bits per heavy atom. The van der Waals surface area contributed by atoms with Gasteiger partial charge in [0.25, 0.3) is 5.91 Å². The normalized spacial score (nSPS) is 23.4. The first-order valence-corrected chi connectivity index (χ1v) is 12.4. The van der Waals surface area contributed by atoms with Crippen molar-refractivity contribution in [2.24, 2.45) is 4.99 Å². The van der Waals surface area contributed by atoms with Crippen LogP contribution in [0.4, 0.5) is 0 Å². The summed E-state index contributed by atoms with van der Waals surface area (Å²) in [5.74, 6) is -0.436. The third kappa shape index (κ3) is 5.21. The molecule has 0 aromatic carbocycles. The van der Waals surface area contributed by atoms with Gasteiger partial charge in [-0.2, -0.15) is 4.99 Å². The van der Waals surface area contributed by atoms with Gasteiger partial charge in [0.15, 0.2) is 6.04 Å². The van der Waals surface area contributed by atoms with Crippen molar-refractivity contribution < 1.29 is 14.4 Å². The number of hydrogen-bond acceptors (Lipinski definition) is 5. The first-order chi connectivity index (χ1) is 16.6. The largest absolute Gasteiger partial charge is 0.349 e. The Kier molecular flexibility index (Phi) is 6.92. The second-order valence-corrected chi connectivity index (χ2v) is 10.8. The maximum Gasteiger partial charge on any atom is 0.250 e. The molecule has 1 N–H and O–H groups in total. The van der Waals surface area contributed by atoms with Gasteiger partial charge in [0.05, 0.1) is 12.1 Å². The zero-order chi connectivity index (χ0) is 25.2. The van der Waals surface area contributed by atoms with Gasteiger partial charge in [-0.1, -0.05) is 31.4 Å². The number of nitrogens with zero attached hydrogens (tertiary/aromatic N) is 4. The molecule has 3 aliphatic rings. The molecule has 0 unspecified atom stereocenters. The van der Waals surface area contributed by atoms with Crippen molar-refractivity contribution in [3.05, 3.63) is 54.5 Å². The number of allylic oxidation sites excluding steroid dienone is 2. The van der Waals surface area contributed by atoms with Crippen LogP contribution in [0.3, 0.4) is 0 Å². The van der Waals surface area contributed by atoms with Crippen LogP contribution in [0.5, 0.6) is 0 Å². The quantitative estimate of drug-likeness (QED) is 0.698. The lowest BCUT2D eigenvalue weighted by molar-refractivity contribution is -0.154. The van der Waals surface area contributed by atoms with E-state index in [2.05, 4.69) is 15.3 Å². The van der Waals surface area contributed by atoms with Crippen LogP contribution in [0.2, 0.25) is 0 Å². The number of pyridine rings is 1.